The minimum atomic E-state index is -0.657. The number of carboxylic acids is 1. The van der Waals surface area contributed by atoms with Crippen LogP contribution in [0, 0.1) is 0 Å². The van der Waals surface area contributed by atoms with E-state index in [9.17, 15) is 4.79 Å². The van der Waals surface area contributed by atoms with Crippen molar-refractivity contribution in [1.29, 1.82) is 0 Å². The number of aliphatic carboxylic acids is 1. The van der Waals surface area contributed by atoms with Crippen LogP contribution in [-0.4, -0.2) is 11.1 Å². The van der Waals surface area contributed by atoms with Gasteiger partial charge >= 0.3 is 5.97 Å². The van der Waals surface area contributed by atoms with Gasteiger partial charge in [0.25, 0.3) is 0 Å². The summed E-state index contributed by atoms with van der Waals surface area (Å²) in [6.07, 6.45) is 14.4. The molecular formula is C14H28O2Zn2. The van der Waals surface area contributed by atoms with Crippen LogP contribution in [0.1, 0.15) is 84.0 Å². The van der Waals surface area contributed by atoms with Crippen molar-refractivity contribution in [3.05, 3.63) is 0 Å². The Labute approximate surface area is 138 Å². The smallest absolute Gasteiger partial charge is 0.303 e. The van der Waals surface area contributed by atoms with Crippen molar-refractivity contribution < 1.29 is 48.9 Å². The van der Waals surface area contributed by atoms with Gasteiger partial charge in [-0.15, -0.1) is 0 Å². The molecule has 0 heterocycles. The van der Waals surface area contributed by atoms with Crippen LogP contribution in [0.5, 0.6) is 0 Å². The van der Waals surface area contributed by atoms with Crippen molar-refractivity contribution in [2.75, 3.05) is 0 Å². The molecule has 0 atom stereocenters. The number of unbranched alkanes of at least 4 members (excludes halogenated alkanes) is 10. The Bertz CT molecular complexity index is 164. The summed E-state index contributed by atoms with van der Waals surface area (Å²) in [7, 11) is 0. The Morgan fingerprint density at radius 1 is 0.722 bits per heavy atom. The first-order valence-corrected chi connectivity index (χ1v) is 6.99. The molecule has 0 rings (SSSR count). The second-order valence-corrected chi connectivity index (χ2v) is 4.68. The first-order valence-electron chi connectivity index (χ1n) is 6.99. The van der Waals surface area contributed by atoms with Gasteiger partial charge < -0.3 is 5.11 Å². The number of hydrogen-bond acceptors (Lipinski definition) is 1. The molecule has 0 aromatic carbocycles. The van der Waals surface area contributed by atoms with E-state index < -0.39 is 5.97 Å². The quantitative estimate of drug-likeness (QED) is 0.403. The van der Waals surface area contributed by atoms with E-state index in [0.29, 0.717) is 6.42 Å². The number of carboxylic acid groups (broad SMARTS) is 1. The molecule has 4 heteroatoms. The largest absolute Gasteiger partial charge is 0.481 e. The topological polar surface area (TPSA) is 37.3 Å². The number of rotatable bonds is 12. The molecule has 18 heavy (non-hydrogen) atoms. The van der Waals surface area contributed by atoms with Crippen LogP contribution in [0.2, 0.25) is 0 Å². The van der Waals surface area contributed by atoms with E-state index in [0.717, 1.165) is 12.8 Å². The fourth-order valence-corrected chi connectivity index (χ4v) is 1.94. The summed E-state index contributed by atoms with van der Waals surface area (Å²) in [5.41, 5.74) is 0. The molecule has 0 aliphatic rings. The van der Waals surface area contributed by atoms with Crippen LogP contribution in [0.15, 0.2) is 0 Å². The Morgan fingerprint density at radius 2 is 1.06 bits per heavy atom. The van der Waals surface area contributed by atoms with Crippen molar-refractivity contribution >= 4 is 5.97 Å². The van der Waals surface area contributed by atoms with E-state index in [1.54, 1.807) is 0 Å². The maximum Gasteiger partial charge on any atom is 0.303 e. The van der Waals surface area contributed by atoms with Gasteiger partial charge in [-0.25, -0.2) is 0 Å². The molecule has 0 aliphatic carbocycles. The summed E-state index contributed by atoms with van der Waals surface area (Å²) >= 11 is 0. The summed E-state index contributed by atoms with van der Waals surface area (Å²) in [5.74, 6) is -0.657. The molecule has 0 aromatic rings. The zero-order valence-corrected chi connectivity index (χ0v) is 18.2. The Balaban J connectivity index is -0.00000112. The van der Waals surface area contributed by atoms with E-state index in [4.69, 9.17) is 5.11 Å². The molecule has 0 amide bonds. The minimum absolute atomic E-state index is 0. The predicted molar refractivity (Wildman–Crippen MR) is 68.7 cm³/mol. The van der Waals surface area contributed by atoms with E-state index in [1.165, 1.54) is 57.8 Å². The second kappa shape index (κ2) is 20.0. The summed E-state index contributed by atoms with van der Waals surface area (Å²) < 4.78 is 0. The molecule has 0 spiro atoms. The molecule has 0 aliphatic heterocycles. The zero-order chi connectivity index (χ0) is 12.1. The third-order valence-corrected chi connectivity index (χ3v) is 2.99. The molecule has 0 aromatic heterocycles. The standard InChI is InChI=1S/C14H28O2.2Zn/c1-2-3-4-5-6-7-8-9-10-11-12-13-14(15)16;;/h2-13H2,1H3,(H,15,16);;. The minimum Gasteiger partial charge on any atom is -0.481 e. The Hall–Kier alpha value is 0.717. The maximum absolute atomic E-state index is 10.3. The van der Waals surface area contributed by atoms with Crippen LogP contribution < -0.4 is 0 Å². The Kier molecular flexibility index (Phi) is 26.5. The van der Waals surface area contributed by atoms with E-state index in [2.05, 4.69) is 6.92 Å². The Morgan fingerprint density at radius 3 is 1.39 bits per heavy atom. The van der Waals surface area contributed by atoms with Crippen molar-refractivity contribution in [2.45, 2.75) is 84.0 Å². The zero-order valence-electron chi connectivity index (χ0n) is 12.3. The van der Waals surface area contributed by atoms with Gasteiger partial charge in [-0.1, -0.05) is 71.1 Å². The van der Waals surface area contributed by atoms with Crippen LogP contribution in [0.25, 0.3) is 0 Å². The molecule has 0 bridgehead atoms. The number of carbonyl (C=O) groups is 1. The van der Waals surface area contributed by atoms with Gasteiger partial charge in [-0.3, -0.25) is 4.79 Å². The first kappa shape index (κ1) is 23.8. The monoisotopic (exact) mass is 356 g/mol. The van der Waals surface area contributed by atoms with Crippen molar-refractivity contribution in [3.8, 4) is 0 Å². The maximum atomic E-state index is 10.3. The average molecular weight is 359 g/mol. The third-order valence-electron chi connectivity index (χ3n) is 2.99. The number of hydrogen-bond donors (Lipinski definition) is 1. The normalized spacial score (nSPS) is 9.39. The molecule has 0 saturated carbocycles. The van der Waals surface area contributed by atoms with E-state index >= 15 is 0 Å². The van der Waals surface area contributed by atoms with Gasteiger partial charge in [0.1, 0.15) is 0 Å². The summed E-state index contributed by atoms with van der Waals surface area (Å²) in [6.45, 7) is 2.25. The molecule has 0 saturated heterocycles. The predicted octanol–water partition coefficient (Wildman–Crippen LogP) is 4.77. The molecule has 1 N–H and O–H groups in total. The van der Waals surface area contributed by atoms with Crippen LogP contribution in [0.3, 0.4) is 0 Å². The third kappa shape index (κ3) is 21.9. The SMILES string of the molecule is CCCCCCCCCCCCCC(=O)O.[Zn].[Zn]. The molecule has 0 unspecified atom stereocenters. The van der Waals surface area contributed by atoms with Gasteiger partial charge in [0, 0.05) is 45.4 Å². The van der Waals surface area contributed by atoms with Gasteiger partial charge in [0.15, 0.2) is 0 Å². The fraction of sp³-hybridized carbons (Fsp3) is 0.929. The summed E-state index contributed by atoms with van der Waals surface area (Å²) in [6, 6.07) is 0. The van der Waals surface area contributed by atoms with Crippen LogP contribution in [0.4, 0.5) is 0 Å². The van der Waals surface area contributed by atoms with Gasteiger partial charge in [-0.05, 0) is 6.42 Å². The van der Waals surface area contributed by atoms with Crippen molar-refractivity contribution in [1.82, 2.24) is 0 Å². The summed E-state index contributed by atoms with van der Waals surface area (Å²) in [4.78, 5) is 10.3. The molecular weight excluding hydrogens is 331 g/mol. The first-order chi connectivity index (χ1) is 7.77. The molecule has 0 radical (unpaired) electrons. The molecule has 2 nitrogen and oxygen atoms in total. The summed E-state index contributed by atoms with van der Waals surface area (Å²) in [5, 5.41) is 8.46. The van der Waals surface area contributed by atoms with E-state index in [1.807, 2.05) is 0 Å². The van der Waals surface area contributed by atoms with Gasteiger partial charge in [-0.2, -0.15) is 0 Å². The van der Waals surface area contributed by atoms with Gasteiger partial charge in [0.2, 0.25) is 0 Å². The van der Waals surface area contributed by atoms with Gasteiger partial charge in [0.05, 0.1) is 0 Å². The fourth-order valence-electron chi connectivity index (χ4n) is 1.94. The molecule has 100 valence electrons. The van der Waals surface area contributed by atoms with E-state index in [-0.39, 0.29) is 39.0 Å². The second-order valence-electron chi connectivity index (χ2n) is 4.68. The van der Waals surface area contributed by atoms with Crippen molar-refractivity contribution in [3.63, 3.8) is 0 Å². The van der Waals surface area contributed by atoms with Crippen LogP contribution in [-0.2, 0) is 43.8 Å². The van der Waals surface area contributed by atoms with Crippen molar-refractivity contribution in [2.24, 2.45) is 0 Å². The molecule has 0 fully saturated rings. The van der Waals surface area contributed by atoms with Crippen LogP contribution >= 0.6 is 0 Å². The average Bonchev–Trinajstić information content (AvgIpc) is 2.25.